The maximum absolute atomic E-state index is 14.0. The van der Waals surface area contributed by atoms with Gasteiger partial charge in [0.15, 0.2) is 0 Å². The van der Waals surface area contributed by atoms with Gasteiger partial charge in [0.1, 0.15) is 16.7 Å². The van der Waals surface area contributed by atoms with E-state index in [2.05, 4.69) is 33.5 Å². The number of nitrogens with one attached hydrogen (secondary N) is 3. The molecule has 4 amide bonds. The van der Waals surface area contributed by atoms with E-state index in [1.165, 1.54) is 28.4 Å². The van der Waals surface area contributed by atoms with E-state index in [1.807, 2.05) is 6.92 Å². The van der Waals surface area contributed by atoms with Crippen LogP contribution >= 0.6 is 11.3 Å². The van der Waals surface area contributed by atoms with Crippen molar-refractivity contribution in [2.45, 2.75) is 88.3 Å². The van der Waals surface area contributed by atoms with Crippen molar-refractivity contribution in [1.29, 1.82) is 0 Å². The van der Waals surface area contributed by atoms with Crippen molar-refractivity contribution in [2.24, 2.45) is 17.8 Å². The van der Waals surface area contributed by atoms with Gasteiger partial charge in [0, 0.05) is 30.0 Å². The monoisotopic (exact) mass is 779 g/mol. The molecule has 3 fully saturated rings. The molecule has 12 nitrogen and oxygen atoms in total. The molecule has 3 saturated carbocycles. The molecule has 3 aliphatic carbocycles. The second-order valence-corrected chi connectivity index (χ2v) is 17.1. The van der Waals surface area contributed by atoms with Crippen LogP contribution in [0.25, 0.3) is 10.6 Å². The van der Waals surface area contributed by atoms with Crippen LogP contribution in [0.1, 0.15) is 67.5 Å². The summed E-state index contributed by atoms with van der Waals surface area (Å²) >= 11 is 1.25. The number of carbonyl (C=O) groups excluding carboxylic acids is 4. The number of anilines is 1. The fourth-order valence-electron chi connectivity index (χ4n) is 6.60. The Hall–Kier alpha value is -4.25. The molecule has 1 aromatic carbocycles. The van der Waals surface area contributed by atoms with Crippen LogP contribution in [0.5, 0.6) is 0 Å². The number of aryl methyl sites for hydroxylation is 2. The molecule has 2 aromatic rings. The van der Waals surface area contributed by atoms with Crippen LogP contribution in [0, 0.1) is 31.6 Å². The number of allylic oxidation sites excluding steroid dienone is 1. The molecule has 0 aliphatic heterocycles. The van der Waals surface area contributed by atoms with Crippen molar-refractivity contribution in [1.82, 2.24) is 19.9 Å². The highest BCUT2D eigenvalue weighted by atomic mass is 32.2. The van der Waals surface area contributed by atoms with E-state index >= 15 is 0 Å². The number of alkyl halides is 3. The van der Waals surface area contributed by atoms with E-state index in [1.54, 1.807) is 20.0 Å². The fraction of sp³-hybridized carbons (Fsp3) is 0.528. The highest BCUT2D eigenvalue weighted by Crippen LogP contribution is 2.46. The summed E-state index contributed by atoms with van der Waals surface area (Å²) in [5.74, 6) is -4.62. The van der Waals surface area contributed by atoms with E-state index < -0.39 is 80.2 Å². The minimum Gasteiger partial charge on any atom is -0.446 e. The quantitative estimate of drug-likeness (QED) is 0.149. The van der Waals surface area contributed by atoms with Crippen LogP contribution in [-0.2, 0) is 35.3 Å². The van der Waals surface area contributed by atoms with Crippen LogP contribution in [0.3, 0.4) is 0 Å². The van der Waals surface area contributed by atoms with E-state index in [-0.39, 0.29) is 30.5 Å². The molecule has 1 aromatic heterocycles. The summed E-state index contributed by atoms with van der Waals surface area (Å²) in [5.41, 5.74) is -1.84. The van der Waals surface area contributed by atoms with Gasteiger partial charge in [-0.15, -0.1) is 24.5 Å². The Morgan fingerprint density at radius 3 is 2.40 bits per heavy atom. The normalized spacial score (nSPS) is 23.8. The molecule has 0 radical (unpaired) electrons. The molecule has 288 valence electrons. The molecular formula is C36H44F3N5O7S2. The van der Waals surface area contributed by atoms with Gasteiger partial charge in [-0.05, 0) is 83.4 Å². The fourth-order valence-corrected chi connectivity index (χ4v) is 8.92. The lowest BCUT2D eigenvalue weighted by Gasteiger charge is -2.26. The lowest BCUT2D eigenvalue weighted by atomic mass is 9.93. The number of ether oxygens (including phenoxy) is 1. The molecule has 0 saturated heterocycles. The SMILES string of the molecule is C=CCCCCN(C)C(=O)C1CC(OC(=O)Nc2cc(C(F)(F)F)ccc2-c2nc(C)c(C)s2)CC1C(=O)NC1(C(=O)NS(=O)(=O)C2CC2)CC1C=C. The third-order valence-corrected chi connectivity index (χ3v) is 13.0. The highest BCUT2D eigenvalue weighted by molar-refractivity contribution is 7.91. The van der Waals surface area contributed by atoms with Crippen molar-refractivity contribution >= 4 is 50.9 Å². The largest absolute Gasteiger partial charge is 0.446 e. The molecule has 1 heterocycles. The number of nitrogens with zero attached hydrogens (tertiary/aromatic N) is 2. The number of halogens is 3. The number of unbranched alkanes of at least 4 members (excludes halogenated alkanes) is 2. The summed E-state index contributed by atoms with van der Waals surface area (Å²) in [6.45, 7) is 11.4. The summed E-state index contributed by atoms with van der Waals surface area (Å²) in [6.07, 6.45) is -0.670. The van der Waals surface area contributed by atoms with Crippen LogP contribution in [-0.4, -0.2) is 72.6 Å². The first kappa shape index (κ1) is 39.9. The predicted molar refractivity (Wildman–Crippen MR) is 193 cm³/mol. The number of rotatable bonds is 15. The molecule has 0 spiro atoms. The van der Waals surface area contributed by atoms with Crippen molar-refractivity contribution in [3.8, 4) is 10.6 Å². The summed E-state index contributed by atoms with van der Waals surface area (Å²) in [7, 11) is -2.33. The highest BCUT2D eigenvalue weighted by Gasteiger charge is 2.62. The first-order chi connectivity index (χ1) is 24.9. The Morgan fingerprint density at radius 1 is 1.11 bits per heavy atom. The number of sulfonamides is 1. The van der Waals surface area contributed by atoms with E-state index in [4.69, 9.17) is 4.74 Å². The van der Waals surface area contributed by atoms with Gasteiger partial charge >= 0.3 is 12.3 Å². The predicted octanol–water partition coefficient (Wildman–Crippen LogP) is 5.87. The molecule has 5 rings (SSSR count). The average Bonchev–Trinajstić information content (AvgIpc) is 4.00. The van der Waals surface area contributed by atoms with Gasteiger partial charge in [-0.2, -0.15) is 13.2 Å². The van der Waals surface area contributed by atoms with Crippen molar-refractivity contribution in [2.75, 3.05) is 18.9 Å². The zero-order valence-electron chi connectivity index (χ0n) is 29.8. The molecule has 0 bridgehead atoms. The summed E-state index contributed by atoms with van der Waals surface area (Å²) in [5, 5.41) is 4.84. The minimum absolute atomic E-state index is 0.0815. The molecular weight excluding hydrogens is 736 g/mol. The van der Waals surface area contributed by atoms with Gasteiger partial charge < -0.3 is 15.0 Å². The number of benzene rings is 1. The van der Waals surface area contributed by atoms with Gasteiger partial charge in [-0.25, -0.2) is 18.2 Å². The smallest absolute Gasteiger partial charge is 0.416 e. The standard InChI is InChI=1S/C36H44F3N5O7S2/c1-6-8-9-10-15-44(5)32(46)28-18-24(17-27(28)30(45)42-35(19-22(35)7-2)33(47)43-53(49,50)25-12-13-25)51-34(48)41-29-16-23(36(37,38)39)11-14-26(29)31-40-20(3)21(4)52-31/h6-7,11,14,16,22,24-25,27-28H,1-2,8-10,12-13,15,17-19H2,3-5H3,(H,41,48)(H,42,45)(H,43,47). The van der Waals surface area contributed by atoms with Crippen LogP contribution < -0.4 is 15.4 Å². The van der Waals surface area contributed by atoms with Crippen molar-refractivity contribution < 1.29 is 45.5 Å². The number of amides is 4. The van der Waals surface area contributed by atoms with Gasteiger partial charge in [-0.1, -0.05) is 12.2 Å². The number of hydrogen-bond donors (Lipinski definition) is 3. The Balaban J connectivity index is 1.36. The number of carbonyl (C=O) groups is 4. The number of thiazole rings is 1. The number of aromatic nitrogens is 1. The Bertz CT molecular complexity index is 1880. The van der Waals surface area contributed by atoms with E-state index in [0.29, 0.717) is 36.5 Å². The molecule has 53 heavy (non-hydrogen) atoms. The third kappa shape index (κ3) is 9.11. The van der Waals surface area contributed by atoms with Gasteiger partial charge in [0.2, 0.25) is 21.8 Å². The Labute approximate surface area is 310 Å². The topological polar surface area (TPSA) is 164 Å². The Kier molecular flexibility index (Phi) is 11.8. The van der Waals surface area contributed by atoms with E-state index in [0.717, 1.165) is 29.9 Å². The van der Waals surface area contributed by atoms with Crippen molar-refractivity contribution in [3.63, 3.8) is 0 Å². The summed E-state index contributed by atoms with van der Waals surface area (Å²) < 4.78 is 74.0. The molecule has 5 atom stereocenters. The van der Waals surface area contributed by atoms with Crippen LogP contribution in [0.15, 0.2) is 43.5 Å². The second-order valence-electron chi connectivity index (χ2n) is 14.0. The lowest BCUT2D eigenvalue weighted by Crippen LogP contribution is -2.54. The zero-order valence-corrected chi connectivity index (χ0v) is 31.4. The average molecular weight is 780 g/mol. The maximum Gasteiger partial charge on any atom is 0.416 e. The van der Waals surface area contributed by atoms with Crippen molar-refractivity contribution in [3.05, 3.63) is 59.6 Å². The van der Waals surface area contributed by atoms with Gasteiger partial charge in [0.05, 0.1) is 34.0 Å². The summed E-state index contributed by atoms with van der Waals surface area (Å²) in [4.78, 5) is 61.2. The van der Waals surface area contributed by atoms with Gasteiger partial charge in [0.25, 0.3) is 5.91 Å². The third-order valence-electron chi connectivity index (χ3n) is 10.1. The Morgan fingerprint density at radius 2 is 1.81 bits per heavy atom. The van der Waals surface area contributed by atoms with E-state index in [9.17, 15) is 40.8 Å². The van der Waals surface area contributed by atoms with Gasteiger partial charge in [-0.3, -0.25) is 24.4 Å². The summed E-state index contributed by atoms with van der Waals surface area (Å²) in [6, 6.07) is 2.91. The molecule has 3 aliphatic rings. The molecule has 5 unspecified atom stereocenters. The lowest BCUT2D eigenvalue weighted by molar-refractivity contribution is -0.140. The first-order valence-corrected chi connectivity index (χ1v) is 19.8. The molecule has 3 N–H and O–H groups in total. The maximum atomic E-state index is 14.0. The minimum atomic E-state index is -4.70. The van der Waals surface area contributed by atoms with Crippen LogP contribution in [0.2, 0.25) is 0 Å². The first-order valence-electron chi connectivity index (χ1n) is 17.4. The zero-order chi connectivity index (χ0) is 38.9. The molecule has 17 heteroatoms. The number of hydrogen-bond acceptors (Lipinski definition) is 9. The van der Waals surface area contributed by atoms with Crippen LogP contribution in [0.4, 0.5) is 23.7 Å². The second kappa shape index (κ2) is 15.6.